The largest absolute Gasteiger partial charge is 0.388 e. The summed E-state index contributed by atoms with van der Waals surface area (Å²) >= 11 is 0. The maximum absolute atomic E-state index is 14.4. The van der Waals surface area contributed by atoms with Crippen molar-refractivity contribution in [1.82, 2.24) is 10.2 Å². The highest BCUT2D eigenvalue weighted by atomic mass is 19.1. The van der Waals surface area contributed by atoms with Gasteiger partial charge in [-0.2, -0.15) is 0 Å². The highest BCUT2D eigenvalue weighted by molar-refractivity contribution is 5.72. The molecule has 116 valence electrons. The van der Waals surface area contributed by atoms with Gasteiger partial charge in [0.2, 0.25) is 5.91 Å². The molecule has 0 spiro atoms. The summed E-state index contributed by atoms with van der Waals surface area (Å²) in [7, 11) is 0. The van der Waals surface area contributed by atoms with Crippen LogP contribution in [0.5, 0.6) is 0 Å². The van der Waals surface area contributed by atoms with Crippen LogP contribution in [0.15, 0.2) is 30.3 Å². The number of alkyl halides is 1. The van der Waals surface area contributed by atoms with Crippen LogP contribution in [0.3, 0.4) is 0 Å². The average Bonchev–Trinajstić information content (AvgIpc) is 2.69. The molecule has 1 amide bonds. The molecule has 0 aliphatic carbocycles. The van der Waals surface area contributed by atoms with Crippen molar-refractivity contribution in [3.63, 3.8) is 0 Å². The molecule has 0 aromatic heterocycles. The molecule has 1 fully saturated rings. The Morgan fingerprint density at radius 2 is 2.00 bits per heavy atom. The van der Waals surface area contributed by atoms with E-state index in [0.717, 1.165) is 5.56 Å². The van der Waals surface area contributed by atoms with Crippen molar-refractivity contribution in [3.8, 4) is 0 Å². The first-order chi connectivity index (χ1) is 10.0. The van der Waals surface area contributed by atoms with E-state index >= 15 is 0 Å². The number of likely N-dealkylation sites (tertiary alicyclic amines) is 1. The van der Waals surface area contributed by atoms with E-state index in [1.807, 2.05) is 42.2 Å². The first-order valence-corrected chi connectivity index (χ1v) is 7.40. The predicted octanol–water partition coefficient (Wildman–Crippen LogP) is 1.48. The number of amides is 1. The zero-order chi connectivity index (χ0) is 15.4. The van der Waals surface area contributed by atoms with Gasteiger partial charge in [0.15, 0.2) is 0 Å². The minimum Gasteiger partial charge on any atom is -0.388 e. The van der Waals surface area contributed by atoms with Gasteiger partial charge in [-0.25, -0.2) is 4.39 Å². The van der Waals surface area contributed by atoms with Crippen molar-refractivity contribution in [2.45, 2.75) is 51.2 Å². The Morgan fingerprint density at radius 3 is 2.57 bits per heavy atom. The fourth-order valence-corrected chi connectivity index (χ4v) is 3.05. The monoisotopic (exact) mass is 294 g/mol. The Morgan fingerprint density at radius 1 is 1.33 bits per heavy atom. The standard InChI is InChI=1S/C16H23FN2O2/c1-3-13-16(21)15(17)14(9-18-11(2)20)19(13)10-12-7-5-4-6-8-12/h4-8,13-16,21H,3,9-10H2,1-2H3,(H,18,20)/t13-,14-,15-,16-/m1/s1. The van der Waals surface area contributed by atoms with Gasteiger partial charge in [-0.3, -0.25) is 9.69 Å². The number of hydrogen-bond donors (Lipinski definition) is 2. The third-order valence-electron chi connectivity index (χ3n) is 4.13. The molecule has 4 nitrogen and oxygen atoms in total. The van der Waals surface area contributed by atoms with Crippen LogP contribution in [-0.2, 0) is 11.3 Å². The molecule has 5 heteroatoms. The lowest BCUT2D eigenvalue weighted by atomic mass is 10.1. The van der Waals surface area contributed by atoms with Crippen molar-refractivity contribution in [2.24, 2.45) is 0 Å². The van der Waals surface area contributed by atoms with E-state index in [9.17, 15) is 14.3 Å². The summed E-state index contributed by atoms with van der Waals surface area (Å²) in [4.78, 5) is 13.1. The number of carbonyl (C=O) groups excluding carboxylic acids is 1. The smallest absolute Gasteiger partial charge is 0.216 e. The van der Waals surface area contributed by atoms with Crippen molar-refractivity contribution in [1.29, 1.82) is 0 Å². The van der Waals surface area contributed by atoms with Gasteiger partial charge in [0, 0.05) is 26.1 Å². The summed E-state index contributed by atoms with van der Waals surface area (Å²) in [5, 5.41) is 12.8. The second kappa shape index (κ2) is 7.00. The lowest BCUT2D eigenvalue weighted by Crippen LogP contribution is -2.45. The third kappa shape index (κ3) is 3.60. The van der Waals surface area contributed by atoms with Gasteiger partial charge >= 0.3 is 0 Å². The molecule has 1 heterocycles. The SMILES string of the molecule is CC[C@@H]1[C@@H](O)[C@H](F)[C@@H](CNC(C)=O)N1Cc1ccccc1. The predicted molar refractivity (Wildman–Crippen MR) is 79.4 cm³/mol. The molecule has 2 N–H and O–H groups in total. The number of rotatable bonds is 5. The number of halogens is 1. The van der Waals surface area contributed by atoms with Gasteiger partial charge < -0.3 is 10.4 Å². The fraction of sp³-hybridized carbons (Fsp3) is 0.562. The van der Waals surface area contributed by atoms with E-state index in [-0.39, 0.29) is 18.5 Å². The molecule has 0 unspecified atom stereocenters. The molecule has 1 aromatic rings. The van der Waals surface area contributed by atoms with Crippen LogP contribution in [-0.4, -0.2) is 46.8 Å². The number of aliphatic hydroxyl groups is 1. The van der Waals surface area contributed by atoms with Crippen LogP contribution < -0.4 is 5.32 Å². The van der Waals surface area contributed by atoms with Crippen LogP contribution in [0.1, 0.15) is 25.8 Å². The number of nitrogens with one attached hydrogen (secondary N) is 1. The molecule has 1 aliphatic rings. The Labute approximate surface area is 125 Å². The number of aliphatic hydroxyl groups excluding tert-OH is 1. The summed E-state index contributed by atoms with van der Waals surface area (Å²) in [6, 6.07) is 9.08. The molecule has 21 heavy (non-hydrogen) atoms. The summed E-state index contributed by atoms with van der Waals surface area (Å²) in [5.41, 5.74) is 1.07. The maximum Gasteiger partial charge on any atom is 0.216 e. The van der Waals surface area contributed by atoms with Crippen molar-refractivity contribution >= 4 is 5.91 Å². The number of carbonyl (C=O) groups is 1. The summed E-state index contributed by atoms with van der Waals surface area (Å²) < 4.78 is 14.4. The van der Waals surface area contributed by atoms with Crippen LogP contribution >= 0.6 is 0 Å². The van der Waals surface area contributed by atoms with E-state index in [2.05, 4.69) is 5.32 Å². The molecule has 4 atom stereocenters. The highest BCUT2D eigenvalue weighted by Gasteiger charge is 2.47. The Bertz CT molecular complexity index is 469. The lowest BCUT2D eigenvalue weighted by molar-refractivity contribution is -0.119. The van der Waals surface area contributed by atoms with Gasteiger partial charge in [-0.05, 0) is 12.0 Å². The van der Waals surface area contributed by atoms with Crippen LogP contribution in [0.25, 0.3) is 0 Å². The summed E-state index contributed by atoms with van der Waals surface area (Å²) in [5.74, 6) is -0.184. The average molecular weight is 294 g/mol. The van der Waals surface area contributed by atoms with E-state index < -0.39 is 18.3 Å². The van der Waals surface area contributed by atoms with Gasteiger partial charge in [0.1, 0.15) is 12.3 Å². The van der Waals surface area contributed by atoms with Crippen molar-refractivity contribution in [3.05, 3.63) is 35.9 Å². The van der Waals surface area contributed by atoms with Crippen LogP contribution in [0.2, 0.25) is 0 Å². The minimum absolute atomic E-state index is 0.184. The highest BCUT2D eigenvalue weighted by Crippen LogP contribution is 2.31. The van der Waals surface area contributed by atoms with Crippen molar-refractivity contribution in [2.75, 3.05) is 6.54 Å². The molecule has 0 saturated carbocycles. The molecular formula is C16H23FN2O2. The van der Waals surface area contributed by atoms with E-state index in [1.165, 1.54) is 6.92 Å². The number of benzene rings is 1. The van der Waals surface area contributed by atoms with Crippen LogP contribution in [0, 0.1) is 0 Å². The Hall–Kier alpha value is -1.46. The van der Waals surface area contributed by atoms with E-state index in [0.29, 0.717) is 13.0 Å². The second-order valence-electron chi connectivity index (χ2n) is 5.57. The zero-order valence-corrected chi connectivity index (χ0v) is 12.5. The van der Waals surface area contributed by atoms with Gasteiger partial charge in [0.25, 0.3) is 0 Å². The first-order valence-electron chi connectivity index (χ1n) is 7.40. The third-order valence-corrected chi connectivity index (χ3v) is 4.13. The maximum atomic E-state index is 14.4. The Balaban J connectivity index is 2.16. The molecule has 1 saturated heterocycles. The molecular weight excluding hydrogens is 271 g/mol. The normalized spacial score (nSPS) is 29.5. The summed E-state index contributed by atoms with van der Waals surface area (Å²) in [6.07, 6.45) is -1.67. The van der Waals surface area contributed by atoms with Crippen LogP contribution in [0.4, 0.5) is 4.39 Å². The fourth-order valence-electron chi connectivity index (χ4n) is 3.05. The lowest BCUT2D eigenvalue weighted by Gasteiger charge is -2.29. The molecule has 2 rings (SSSR count). The first kappa shape index (κ1) is 15.9. The second-order valence-corrected chi connectivity index (χ2v) is 5.57. The number of hydrogen-bond acceptors (Lipinski definition) is 3. The minimum atomic E-state index is -1.34. The topological polar surface area (TPSA) is 52.6 Å². The van der Waals surface area contributed by atoms with E-state index in [1.54, 1.807) is 0 Å². The quantitative estimate of drug-likeness (QED) is 0.865. The van der Waals surface area contributed by atoms with Crippen molar-refractivity contribution < 1.29 is 14.3 Å². The molecule has 1 aliphatic heterocycles. The van der Waals surface area contributed by atoms with Gasteiger partial charge in [-0.15, -0.1) is 0 Å². The van der Waals surface area contributed by atoms with E-state index in [4.69, 9.17) is 0 Å². The number of nitrogens with zero attached hydrogens (tertiary/aromatic N) is 1. The van der Waals surface area contributed by atoms with Gasteiger partial charge in [-0.1, -0.05) is 37.3 Å². The zero-order valence-electron chi connectivity index (χ0n) is 12.5. The molecule has 0 bridgehead atoms. The molecule has 0 radical (unpaired) electrons. The summed E-state index contributed by atoms with van der Waals surface area (Å²) in [6.45, 7) is 4.15. The molecule has 1 aromatic carbocycles. The Kier molecular flexibility index (Phi) is 5.31. The van der Waals surface area contributed by atoms with Gasteiger partial charge in [0.05, 0.1) is 6.04 Å².